The lowest BCUT2D eigenvalue weighted by molar-refractivity contribution is -0.143. The van der Waals surface area contributed by atoms with Gasteiger partial charge in [-0.15, -0.1) is 0 Å². The Morgan fingerprint density at radius 2 is 1.88 bits per heavy atom. The maximum Gasteiger partial charge on any atom is 0.329 e. The minimum atomic E-state index is -0.819. The van der Waals surface area contributed by atoms with E-state index in [1.54, 1.807) is 0 Å². The first kappa shape index (κ1) is 11.9. The minimum absolute atomic E-state index is 0.607. The lowest BCUT2D eigenvalue weighted by Gasteiger charge is -2.35. The molecule has 0 spiro atoms. The third-order valence-corrected chi connectivity index (χ3v) is 3.30. The molecule has 1 aliphatic rings. The fourth-order valence-electron chi connectivity index (χ4n) is 2.16. The van der Waals surface area contributed by atoms with Crippen molar-refractivity contribution in [1.82, 2.24) is 5.32 Å². The number of carboxylic acids is 1. The van der Waals surface area contributed by atoms with E-state index in [-0.39, 0.29) is 0 Å². The summed E-state index contributed by atoms with van der Waals surface area (Å²) in [6, 6.07) is 7.84. The van der Waals surface area contributed by atoms with Gasteiger partial charge in [0.1, 0.15) is 5.54 Å². The number of piperidine rings is 1. The molecule has 1 heterocycles. The zero-order valence-electron chi connectivity index (χ0n) is 9.99. The Bertz CT molecular complexity index is 394. The molecule has 4 nitrogen and oxygen atoms in total. The summed E-state index contributed by atoms with van der Waals surface area (Å²) in [7, 11) is 0. The molecule has 0 unspecified atom stereocenters. The Morgan fingerprint density at radius 3 is 2.41 bits per heavy atom. The van der Waals surface area contributed by atoms with Crippen molar-refractivity contribution >= 4 is 11.7 Å². The first-order chi connectivity index (χ1) is 8.12. The van der Waals surface area contributed by atoms with E-state index in [0.717, 1.165) is 18.8 Å². The topological polar surface area (TPSA) is 61.4 Å². The van der Waals surface area contributed by atoms with Crippen molar-refractivity contribution in [2.24, 2.45) is 0 Å². The molecule has 1 fully saturated rings. The number of aryl methyl sites for hydroxylation is 1. The number of anilines is 1. The third kappa shape index (κ3) is 2.58. The van der Waals surface area contributed by atoms with Crippen LogP contribution < -0.4 is 10.6 Å². The summed E-state index contributed by atoms with van der Waals surface area (Å²) in [4.78, 5) is 11.5. The highest BCUT2D eigenvalue weighted by atomic mass is 16.4. The van der Waals surface area contributed by atoms with Crippen molar-refractivity contribution in [3.63, 3.8) is 0 Å². The molecule has 0 aromatic heterocycles. The van der Waals surface area contributed by atoms with Gasteiger partial charge in [-0.2, -0.15) is 0 Å². The number of carboxylic acid groups (broad SMARTS) is 1. The van der Waals surface area contributed by atoms with Gasteiger partial charge in [0.05, 0.1) is 0 Å². The lowest BCUT2D eigenvalue weighted by Crippen LogP contribution is -2.53. The van der Waals surface area contributed by atoms with Gasteiger partial charge in [-0.3, -0.25) is 0 Å². The molecule has 0 bridgehead atoms. The van der Waals surface area contributed by atoms with E-state index in [4.69, 9.17) is 0 Å². The predicted octanol–water partition coefficient (Wildman–Crippen LogP) is 1.61. The molecule has 1 aliphatic heterocycles. The molecule has 0 radical (unpaired) electrons. The number of aliphatic carboxylic acids is 1. The first-order valence-electron chi connectivity index (χ1n) is 5.91. The summed E-state index contributed by atoms with van der Waals surface area (Å²) in [5.74, 6) is -0.764. The van der Waals surface area contributed by atoms with Crippen LogP contribution in [-0.2, 0) is 4.79 Å². The molecule has 1 aromatic carbocycles. The van der Waals surface area contributed by atoms with E-state index in [2.05, 4.69) is 10.6 Å². The lowest BCUT2D eigenvalue weighted by atomic mass is 9.88. The fraction of sp³-hybridized carbons (Fsp3) is 0.462. The Labute approximate surface area is 101 Å². The smallest absolute Gasteiger partial charge is 0.329 e. The number of nitrogens with one attached hydrogen (secondary N) is 2. The Kier molecular flexibility index (Phi) is 3.33. The predicted molar refractivity (Wildman–Crippen MR) is 67.3 cm³/mol. The van der Waals surface area contributed by atoms with Gasteiger partial charge in [-0.1, -0.05) is 17.7 Å². The molecule has 1 saturated heterocycles. The van der Waals surface area contributed by atoms with E-state index in [1.165, 1.54) is 5.56 Å². The van der Waals surface area contributed by atoms with Crippen molar-refractivity contribution in [1.29, 1.82) is 0 Å². The van der Waals surface area contributed by atoms with Crippen LogP contribution in [0.2, 0.25) is 0 Å². The normalized spacial score (nSPS) is 18.6. The Hall–Kier alpha value is -1.55. The third-order valence-electron chi connectivity index (χ3n) is 3.30. The van der Waals surface area contributed by atoms with Gasteiger partial charge >= 0.3 is 5.97 Å². The molecule has 1 aromatic rings. The zero-order chi connectivity index (χ0) is 12.3. The van der Waals surface area contributed by atoms with Crippen molar-refractivity contribution in [2.45, 2.75) is 25.3 Å². The SMILES string of the molecule is Cc1ccc(NC2(C(=O)O)CCNCC2)cc1. The van der Waals surface area contributed by atoms with Gasteiger partial charge in [0.15, 0.2) is 0 Å². The van der Waals surface area contributed by atoms with E-state index in [9.17, 15) is 9.90 Å². The van der Waals surface area contributed by atoms with E-state index >= 15 is 0 Å². The molecule has 0 saturated carbocycles. The van der Waals surface area contributed by atoms with Crippen LogP contribution in [0.15, 0.2) is 24.3 Å². The first-order valence-corrected chi connectivity index (χ1v) is 5.91. The summed E-state index contributed by atoms with van der Waals surface area (Å²) >= 11 is 0. The number of hydrogen-bond acceptors (Lipinski definition) is 3. The van der Waals surface area contributed by atoms with Crippen LogP contribution in [0.5, 0.6) is 0 Å². The maximum atomic E-state index is 11.5. The van der Waals surface area contributed by atoms with Crippen LogP contribution in [0, 0.1) is 6.92 Å². The van der Waals surface area contributed by atoms with E-state index in [0.29, 0.717) is 12.8 Å². The highest BCUT2D eigenvalue weighted by Gasteiger charge is 2.39. The van der Waals surface area contributed by atoms with Gasteiger partial charge in [0.25, 0.3) is 0 Å². The number of carbonyl (C=O) groups is 1. The molecule has 4 heteroatoms. The molecule has 92 valence electrons. The van der Waals surface area contributed by atoms with Crippen molar-refractivity contribution in [2.75, 3.05) is 18.4 Å². The Balaban J connectivity index is 2.17. The standard InChI is InChI=1S/C13H18N2O2/c1-10-2-4-11(5-3-10)15-13(12(16)17)6-8-14-9-7-13/h2-5,14-15H,6-9H2,1H3,(H,16,17). The highest BCUT2D eigenvalue weighted by molar-refractivity contribution is 5.83. The number of hydrogen-bond donors (Lipinski definition) is 3. The summed E-state index contributed by atoms with van der Waals surface area (Å²) in [5.41, 5.74) is 1.23. The monoisotopic (exact) mass is 234 g/mol. The van der Waals surface area contributed by atoms with Crippen molar-refractivity contribution < 1.29 is 9.90 Å². The second-order valence-corrected chi connectivity index (χ2v) is 4.63. The molecule has 3 N–H and O–H groups in total. The molecular weight excluding hydrogens is 216 g/mol. The molecule has 0 atom stereocenters. The van der Waals surface area contributed by atoms with Gasteiger partial charge in [0, 0.05) is 5.69 Å². The number of benzene rings is 1. The molecule has 0 amide bonds. The summed E-state index contributed by atoms with van der Waals surface area (Å²) in [6.07, 6.45) is 1.21. The highest BCUT2D eigenvalue weighted by Crippen LogP contribution is 2.24. The largest absolute Gasteiger partial charge is 0.480 e. The van der Waals surface area contributed by atoms with Crippen molar-refractivity contribution in [3.8, 4) is 0 Å². The van der Waals surface area contributed by atoms with Crippen LogP contribution >= 0.6 is 0 Å². The van der Waals surface area contributed by atoms with Gasteiger partial charge < -0.3 is 15.7 Å². The minimum Gasteiger partial charge on any atom is -0.480 e. The Morgan fingerprint density at radius 1 is 1.29 bits per heavy atom. The fourth-order valence-corrected chi connectivity index (χ4v) is 2.16. The average molecular weight is 234 g/mol. The average Bonchev–Trinajstić information content (AvgIpc) is 2.33. The second kappa shape index (κ2) is 4.75. The second-order valence-electron chi connectivity index (χ2n) is 4.63. The summed E-state index contributed by atoms with van der Waals surface area (Å²) in [6.45, 7) is 3.50. The molecule has 2 rings (SSSR count). The van der Waals surface area contributed by atoms with E-state index in [1.807, 2.05) is 31.2 Å². The van der Waals surface area contributed by atoms with Crippen molar-refractivity contribution in [3.05, 3.63) is 29.8 Å². The van der Waals surface area contributed by atoms with Crippen LogP contribution in [0.4, 0.5) is 5.69 Å². The maximum absolute atomic E-state index is 11.5. The van der Waals surface area contributed by atoms with Crippen LogP contribution in [0.1, 0.15) is 18.4 Å². The summed E-state index contributed by atoms with van der Waals surface area (Å²) < 4.78 is 0. The van der Waals surface area contributed by atoms with Gasteiger partial charge in [-0.05, 0) is 45.0 Å². The quantitative estimate of drug-likeness (QED) is 0.743. The number of rotatable bonds is 3. The molecular formula is C13H18N2O2. The van der Waals surface area contributed by atoms with Crippen LogP contribution in [0.3, 0.4) is 0 Å². The van der Waals surface area contributed by atoms with Crippen LogP contribution in [0.25, 0.3) is 0 Å². The van der Waals surface area contributed by atoms with E-state index < -0.39 is 11.5 Å². The molecule has 0 aliphatic carbocycles. The molecule has 17 heavy (non-hydrogen) atoms. The summed E-state index contributed by atoms with van der Waals surface area (Å²) in [5, 5.41) is 15.8. The van der Waals surface area contributed by atoms with Crippen LogP contribution in [-0.4, -0.2) is 29.7 Å². The van der Waals surface area contributed by atoms with Gasteiger partial charge in [-0.25, -0.2) is 4.79 Å². The van der Waals surface area contributed by atoms with Gasteiger partial charge in [0.2, 0.25) is 0 Å². The zero-order valence-corrected chi connectivity index (χ0v) is 9.99.